The molecule has 0 bridgehead atoms. The predicted octanol–water partition coefficient (Wildman–Crippen LogP) is 2.94. The third kappa shape index (κ3) is 3.83. The second-order valence-corrected chi connectivity index (χ2v) is 6.51. The average Bonchev–Trinajstić information content (AvgIpc) is 3.14. The topological polar surface area (TPSA) is 86.6 Å². The number of fused-ring (bicyclic) bond motifs is 1. The minimum absolute atomic E-state index is 0.0621. The van der Waals surface area contributed by atoms with Crippen molar-refractivity contribution < 1.29 is 33.9 Å². The fourth-order valence-corrected chi connectivity index (χ4v) is 3.62. The lowest BCUT2D eigenvalue weighted by Gasteiger charge is -2.20. The predicted molar refractivity (Wildman–Crippen MR) is 108 cm³/mol. The summed E-state index contributed by atoms with van der Waals surface area (Å²) in [6, 6.07) is 7.40. The summed E-state index contributed by atoms with van der Waals surface area (Å²) in [5.41, 5.74) is 2.47. The van der Waals surface area contributed by atoms with Crippen LogP contribution in [-0.2, 0) is 0 Å². The van der Waals surface area contributed by atoms with Crippen LogP contribution in [0.15, 0.2) is 30.3 Å². The summed E-state index contributed by atoms with van der Waals surface area (Å²) in [6.45, 7) is -0.182. The van der Waals surface area contributed by atoms with Crippen LogP contribution in [0, 0.1) is 0 Å². The Labute approximate surface area is 170 Å². The minimum atomic E-state index is -0.463. The molecule has 0 saturated carbocycles. The van der Waals surface area contributed by atoms with Gasteiger partial charge in [-0.3, -0.25) is 0 Å². The molecule has 0 saturated heterocycles. The maximum absolute atomic E-state index is 10.2. The molecule has 1 aliphatic heterocycles. The van der Waals surface area contributed by atoms with Crippen molar-refractivity contribution in [3.05, 3.63) is 47.0 Å². The van der Waals surface area contributed by atoms with Gasteiger partial charge in [-0.05, 0) is 29.8 Å². The summed E-state index contributed by atoms with van der Waals surface area (Å²) in [5, 5.41) is 19.2. The summed E-state index contributed by atoms with van der Waals surface area (Å²) in [4.78, 5) is 0. The molecule has 7 nitrogen and oxygen atoms in total. The molecular formula is C22H26O7. The fraction of sp³-hybridized carbons (Fsp3) is 0.364. The van der Waals surface area contributed by atoms with E-state index < -0.39 is 6.10 Å². The summed E-state index contributed by atoms with van der Waals surface area (Å²) in [7, 11) is 6.22. The number of rotatable bonds is 8. The Morgan fingerprint density at radius 2 is 1.55 bits per heavy atom. The van der Waals surface area contributed by atoms with E-state index >= 15 is 0 Å². The van der Waals surface area contributed by atoms with E-state index in [1.807, 2.05) is 24.3 Å². The van der Waals surface area contributed by atoms with E-state index in [1.54, 1.807) is 40.6 Å². The number of methoxy groups -OCH3 is 4. The molecule has 156 valence electrons. The van der Waals surface area contributed by atoms with Crippen molar-refractivity contribution in [1.29, 1.82) is 0 Å². The number of ether oxygens (including phenoxy) is 5. The molecule has 3 rings (SSSR count). The van der Waals surface area contributed by atoms with Gasteiger partial charge in [-0.2, -0.15) is 0 Å². The lowest BCUT2D eigenvalue weighted by Crippen LogP contribution is -2.14. The third-order valence-corrected chi connectivity index (χ3v) is 4.96. The molecule has 0 radical (unpaired) electrons. The smallest absolute Gasteiger partial charge is 0.203 e. The van der Waals surface area contributed by atoms with E-state index in [2.05, 4.69) is 0 Å². The molecule has 7 heteroatoms. The zero-order valence-corrected chi connectivity index (χ0v) is 17.0. The van der Waals surface area contributed by atoms with Crippen molar-refractivity contribution >= 4 is 6.08 Å². The molecule has 2 aromatic carbocycles. The number of aliphatic hydroxyl groups excluding tert-OH is 2. The van der Waals surface area contributed by atoms with Crippen molar-refractivity contribution in [3.63, 3.8) is 0 Å². The van der Waals surface area contributed by atoms with Gasteiger partial charge in [0, 0.05) is 11.1 Å². The van der Waals surface area contributed by atoms with Crippen molar-refractivity contribution in [1.82, 2.24) is 0 Å². The Hall–Kier alpha value is -2.90. The lowest BCUT2D eigenvalue weighted by molar-refractivity contribution is 0.156. The van der Waals surface area contributed by atoms with Crippen LogP contribution in [0.5, 0.6) is 28.7 Å². The van der Waals surface area contributed by atoms with Crippen molar-refractivity contribution in [2.45, 2.75) is 12.0 Å². The molecule has 1 aliphatic rings. The zero-order valence-electron chi connectivity index (χ0n) is 17.0. The zero-order chi connectivity index (χ0) is 21.0. The molecule has 0 spiro atoms. The van der Waals surface area contributed by atoms with Gasteiger partial charge in [0.1, 0.15) is 6.10 Å². The molecular weight excluding hydrogens is 376 g/mol. The number of aliphatic hydroxyl groups is 2. The normalized spacial score (nSPS) is 17.7. The molecule has 0 unspecified atom stereocenters. The Morgan fingerprint density at radius 1 is 0.897 bits per heavy atom. The van der Waals surface area contributed by atoms with Gasteiger partial charge < -0.3 is 33.9 Å². The molecule has 29 heavy (non-hydrogen) atoms. The van der Waals surface area contributed by atoms with Crippen LogP contribution in [0.25, 0.3) is 6.08 Å². The lowest BCUT2D eigenvalue weighted by atomic mass is 9.90. The second-order valence-electron chi connectivity index (χ2n) is 6.51. The Balaban J connectivity index is 2.09. The summed E-state index contributed by atoms with van der Waals surface area (Å²) in [5.74, 6) is 2.35. The first-order chi connectivity index (χ1) is 14.1. The molecule has 0 amide bonds. The van der Waals surface area contributed by atoms with Crippen LogP contribution in [-0.4, -0.2) is 51.9 Å². The van der Waals surface area contributed by atoms with Gasteiger partial charge in [-0.25, -0.2) is 0 Å². The largest absolute Gasteiger partial charge is 0.493 e. The van der Waals surface area contributed by atoms with Crippen LogP contribution in [0.4, 0.5) is 0 Å². The molecule has 0 fully saturated rings. The van der Waals surface area contributed by atoms with Crippen molar-refractivity contribution in [2.24, 2.45) is 0 Å². The average molecular weight is 402 g/mol. The van der Waals surface area contributed by atoms with E-state index in [0.29, 0.717) is 28.7 Å². The standard InChI is InChI=1S/C22H26O7/c1-25-17-9-13(6-5-7-23)8-15-16(12-24)20(29-21(15)17)14-10-18(26-2)22(28-4)19(11-14)27-3/h5-6,8-11,16,20,23-24H,7,12H2,1-4H3/b6-5+/t16-,20+/m1/s1. The molecule has 1 heterocycles. The molecule has 0 aliphatic carbocycles. The van der Waals surface area contributed by atoms with Crippen LogP contribution in [0.1, 0.15) is 28.7 Å². The number of benzene rings is 2. The van der Waals surface area contributed by atoms with Crippen LogP contribution in [0.3, 0.4) is 0 Å². The third-order valence-electron chi connectivity index (χ3n) is 4.96. The van der Waals surface area contributed by atoms with Gasteiger partial charge in [-0.15, -0.1) is 0 Å². The van der Waals surface area contributed by atoms with Gasteiger partial charge >= 0.3 is 0 Å². The minimum Gasteiger partial charge on any atom is -0.493 e. The van der Waals surface area contributed by atoms with E-state index in [0.717, 1.165) is 16.7 Å². The van der Waals surface area contributed by atoms with Crippen LogP contribution in [0.2, 0.25) is 0 Å². The van der Waals surface area contributed by atoms with E-state index in [1.165, 1.54) is 0 Å². The Bertz CT molecular complexity index is 866. The van der Waals surface area contributed by atoms with Gasteiger partial charge in [-0.1, -0.05) is 12.2 Å². The quantitative estimate of drug-likeness (QED) is 0.702. The van der Waals surface area contributed by atoms with E-state index in [-0.39, 0.29) is 19.1 Å². The van der Waals surface area contributed by atoms with Gasteiger partial charge in [0.2, 0.25) is 5.75 Å². The molecule has 2 atom stereocenters. The summed E-state index contributed by atoms with van der Waals surface area (Å²) >= 11 is 0. The van der Waals surface area contributed by atoms with Gasteiger partial charge in [0.15, 0.2) is 23.0 Å². The van der Waals surface area contributed by atoms with Crippen molar-refractivity contribution in [3.8, 4) is 28.7 Å². The van der Waals surface area contributed by atoms with E-state index in [4.69, 9.17) is 28.8 Å². The highest BCUT2D eigenvalue weighted by atomic mass is 16.5. The van der Waals surface area contributed by atoms with Crippen LogP contribution < -0.4 is 23.7 Å². The van der Waals surface area contributed by atoms with Gasteiger partial charge in [0.05, 0.1) is 47.6 Å². The monoisotopic (exact) mass is 402 g/mol. The highest BCUT2D eigenvalue weighted by Gasteiger charge is 2.38. The maximum Gasteiger partial charge on any atom is 0.203 e. The van der Waals surface area contributed by atoms with Gasteiger partial charge in [0.25, 0.3) is 0 Å². The summed E-state index contributed by atoms with van der Waals surface area (Å²) < 4.78 is 28.0. The van der Waals surface area contributed by atoms with Crippen molar-refractivity contribution in [2.75, 3.05) is 41.7 Å². The first-order valence-corrected chi connectivity index (χ1v) is 9.18. The second kappa shape index (κ2) is 9.07. The maximum atomic E-state index is 10.2. The highest BCUT2D eigenvalue weighted by molar-refractivity contribution is 5.63. The first-order valence-electron chi connectivity index (χ1n) is 9.18. The molecule has 2 aromatic rings. The molecule has 0 aromatic heterocycles. The van der Waals surface area contributed by atoms with E-state index in [9.17, 15) is 5.11 Å². The SMILES string of the molecule is COc1cc([C@@H]2Oc3c(OC)cc(/C=C/CO)cc3[C@H]2CO)cc(OC)c1OC. The first kappa shape index (κ1) is 20.8. The molecule has 2 N–H and O–H groups in total. The Kier molecular flexibility index (Phi) is 6.51. The highest BCUT2D eigenvalue weighted by Crippen LogP contribution is 2.52. The Morgan fingerprint density at radius 3 is 2.07 bits per heavy atom. The number of hydrogen-bond acceptors (Lipinski definition) is 7. The summed E-state index contributed by atoms with van der Waals surface area (Å²) in [6.07, 6.45) is 2.97. The fourth-order valence-electron chi connectivity index (χ4n) is 3.62. The number of hydrogen-bond donors (Lipinski definition) is 2. The van der Waals surface area contributed by atoms with Crippen LogP contribution >= 0.6 is 0 Å².